The highest BCUT2D eigenvalue weighted by atomic mass is 16.6. The first-order valence-corrected chi connectivity index (χ1v) is 9.97. The average molecular weight is 341 g/mol. The monoisotopic (exact) mass is 341 g/mol. The molecule has 3 saturated heterocycles. The van der Waals surface area contributed by atoms with E-state index in [-0.39, 0.29) is 23.2 Å². The molecule has 2 aliphatic carbocycles. The summed E-state index contributed by atoms with van der Waals surface area (Å²) in [4.78, 5) is 2.71. The molecule has 3 aliphatic heterocycles. The second-order valence-corrected chi connectivity index (χ2v) is 9.34. The Kier molecular flexibility index (Phi) is 2.76. The topological polar surface area (TPSA) is 52.9 Å². The van der Waals surface area contributed by atoms with E-state index in [9.17, 15) is 10.2 Å². The maximum atomic E-state index is 10.2. The van der Waals surface area contributed by atoms with Crippen LogP contribution in [0.3, 0.4) is 0 Å². The quantitative estimate of drug-likeness (QED) is 0.886. The van der Waals surface area contributed by atoms with E-state index in [2.05, 4.69) is 11.0 Å². The summed E-state index contributed by atoms with van der Waals surface area (Å²) >= 11 is 0. The van der Waals surface area contributed by atoms with Crippen LogP contribution in [0.15, 0.2) is 18.2 Å². The Bertz CT molecular complexity index is 747. The number of rotatable bonds is 3. The van der Waals surface area contributed by atoms with Crippen molar-refractivity contribution in [3.63, 3.8) is 0 Å². The van der Waals surface area contributed by atoms with Gasteiger partial charge in [-0.1, -0.05) is 6.07 Å². The first-order valence-electron chi connectivity index (χ1n) is 9.97. The minimum atomic E-state index is -0.360. The molecular weight excluding hydrogens is 314 g/mol. The van der Waals surface area contributed by atoms with Gasteiger partial charge in [0.05, 0.1) is 17.8 Å². The van der Waals surface area contributed by atoms with E-state index in [1.165, 1.54) is 30.5 Å². The number of benzene rings is 1. The number of hydrogen-bond acceptors (Lipinski definition) is 4. The van der Waals surface area contributed by atoms with Crippen molar-refractivity contribution in [1.82, 2.24) is 4.90 Å². The van der Waals surface area contributed by atoms with Crippen LogP contribution >= 0.6 is 0 Å². The predicted octanol–water partition coefficient (Wildman–Crippen LogP) is 2.35. The maximum absolute atomic E-state index is 10.2. The van der Waals surface area contributed by atoms with E-state index in [0.717, 1.165) is 44.6 Å². The number of phenols is 1. The van der Waals surface area contributed by atoms with Gasteiger partial charge in [0.1, 0.15) is 5.75 Å². The number of ether oxygens (including phenoxy) is 1. The first-order chi connectivity index (χ1) is 12.1. The number of fused-ring (bicyclic) bond motifs is 2. The van der Waals surface area contributed by atoms with Crippen molar-refractivity contribution in [3.8, 4) is 5.75 Å². The number of aliphatic hydroxyl groups excluding tert-OH is 1. The molecule has 4 heteroatoms. The zero-order valence-corrected chi connectivity index (χ0v) is 14.7. The third-order valence-electron chi connectivity index (χ3n) is 8.09. The molecule has 2 N–H and O–H groups in total. The molecule has 3 heterocycles. The van der Waals surface area contributed by atoms with Gasteiger partial charge in [0, 0.05) is 18.0 Å². The SMILES string of the molecule is OCC12CC[C@@]3(O1)[C@H]1Cc4ccc(O)cc4[C@@]3(CCN1CC1CC1)C2. The van der Waals surface area contributed by atoms with Gasteiger partial charge in [0.2, 0.25) is 0 Å². The highest BCUT2D eigenvalue weighted by Gasteiger charge is 2.75. The summed E-state index contributed by atoms with van der Waals surface area (Å²) in [6.07, 6.45) is 7.82. The molecule has 25 heavy (non-hydrogen) atoms. The van der Waals surface area contributed by atoms with E-state index in [0.29, 0.717) is 11.8 Å². The van der Waals surface area contributed by atoms with Gasteiger partial charge in [0.25, 0.3) is 0 Å². The summed E-state index contributed by atoms with van der Waals surface area (Å²) in [7, 11) is 0. The van der Waals surface area contributed by atoms with Crippen LogP contribution in [0.4, 0.5) is 0 Å². The van der Waals surface area contributed by atoms with Gasteiger partial charge in [-0.05, 0) is 80.7 Å². The van der Waals surface area contributed by atoms with E-state index in [4.69, 9.17) is 4.74 Å². The Morgan fingerprint density at radius 2 is 2.08 bits per heavy atom. The molecule has 4 bridgehead atoms. The minimum absolute atomic E-state index is 0.0228. The van der Waals surface area contributed by atoms with Gasteiger partial charge in [-0.15, -0.1) is 0 Å². The molecule has 4 fully saturated rings. The number of piperidine rings is 1. The fourth-order valence-corrected chi connectivity index (χ4v) is 6.87. The number of likely N-dealkylation sites (tertiary alicyclic amines) is 1. The van der Waals surface area contributed by atoms with Gasteiger partial charge in [-0.3, -0.25) is 4.90 Å². The van der Waals surface area contributed by atoms with Crippen LogP contribution in [0.25, 0.3) is 0 Å². The lowest BCUT2D eigenvalue weighted by atomic mass is 9.50. The normalized spacial score (nSPS) is 44.6. The van der Waals surface area contributed by atoms with Crippen LogP contribution in [-0.4, -0.2) is 52.1 Å². The summed E-state index contributed by atoms with van der Waals surface area (Å²) in [6.45, 7) is 2.47. The highest BCUT2D eigenvalue weighted by Crippen LogP contribution is 2.69. The molecule has 0 radical (unpaired) electrons. The third kappa shape index (κ3) is 1.74. The largest absolute Gasteiger partial charge is 0.508 e. The van der Waals surface area contributed by atoms with Gasteiger partial charge in [-0.25, -0.2) is 0 Å². The highest BCUT2D eigenvalue weighted by molar-refractivity contribution is 5.50. The lowest BCUT2D eigenvalue weighted by molar-refractivity contribution is -0.146. The molecule has 1 unspecified atom stereocenters. The Morgan fingerprint density at radius 1 is 1.20 bits per heavy atom. The smallest absolute Gasteiger partial charge is 0.115 e. The fourth-order valence-electron chi connectivity index (χ4n) is 6.87. The lowest BCUT2D eigenvalue weighted by Crippen LogP contribution is -2.69. The summed E-state index contributed by atoms with van der Waals surface area (Å²) in [5.74, 6) is 1.25. The Labute approximate surface area is 148 Å². The van der Waals surface area contributed by atoms with E-state index in [1.54, 1.807) is 0 Å². The average Bonchev–Trinajstić information content (AvgIpc) is 3.27. The Morgan fingerprint density at radius 3 is 2.88 bits per heavy atom. The van der Waals surface area contributed by atoms with Crippen LogP contribution < -0.4 is 0 Å². The van der Waals surface area contributed by atoms with Crippen LogP contribution in [-0.2, 0) is 16.6 Å². The summed E-state index contributed by atoms with van der Waals surface area (Å²) in [5, 5.41) is 20.3. The standard InChI is InChI=1S/C21H27NO3/c23-13-19-5-6-21(25-19)18-9-15-3-4-16(24)10-17(15)20(21,12-19)7-8-22(18)11-14-1-2-14/h3-4,10,14,18,23-24H,1-2,5-9,11-13H2/t18-,19?,20-,21-/m1/s1. The molecule has 6 rings (SSSR count). The van der Waals surface area contributed by atoms with E-state index < -0.39 is 0 Å². The summed E-state index contributed by atoms with van der Waals surface area (Å²) in [6, 6.07) is 6.39. The molecular formula is C21H27NO3. The second-order valence-electron chi connectivity index (χ2n) is 9.34. The number of aromatic hydroxyl groups is 1. The zero-order valence-electron chi connectivity index (χ0n) is 14.7. The molecule has 4 nitrogen and oxygen atoms in total. The molecule has 1 spiro atoms. The van der Waals surface area contributed by atoms with Crippen molar-refractivity contribution in [3.05, 3.63) is 29.3 Å². The van der Waals surface area contributed by atoms with Crippen LogP contribution in [0.1, 0.15) is 49.7 Å². The van der Waals surface area contributed by atoms with E-state index in [1.807, 2.05) is 12.1 Å². The molecule has 1 aromatic carbocycles. The van der Waals surface area contributed by atoms with Crippen LogP contribution in [0.5, 0.6) is 5.75 Å². The third-order valence-corrected chi connectivity index (χ3v) is 8.09. The van der Waals surface area contributed by atoms with Crippen molar-refractivity contribution in [2.45, 2.75) is 67.6 Å². The molecule has 1 aromatic rings. The van der Waals surface area contributed by atoms with Gasteiger partial charge in [-0.2, -0.15) is 0 Å². The van der Waals surface area contributed by atoms with Crippen molar-refractivity contribution < 1.29 is 14.9 Å². The van der Waals surface area contributed by atoms with Crippen LogP contribution in [0.2, 0.25) is 0 Å². The molecule has 134 valence electrons. The van der Waals surface area contributed by atoms with E-state index >= 15 is 0 Å². The second kappa shape index (κ2) is 4.59. The number of phenolic OH excluding ortho intramolecular Hbond substituents is 1. The van der Waals surface area contributed by atoms with Gasteiger partial charge < -0.3 is 14.9 Å². The van der Waals surface area contributed by atoms with Crippen molar-refractivity contribution in [1.29, 1.82) is 0 Å². The number of hydrogen-bond donors (Lipinski definition) is 2. The molecule has 0 aromatic heterocycles. The number of aliphatic hydroxyl groups is 1. The minimum Gasteiger partial charge on any atom is -0.508 e. The fraction of sp³-hybridized carbons (Fsp3) is 0.714. The van der Waals surface area contributed by atoms with Gasteiger partial charge in [0.15, 0.2) is 0 Å². The molecule has 0 amide bonds. The van der Waals surface area contributed by atoms with Crippen molar-refractivity contribution in [2.75, 3.05) is 19.7 Å². The summed E-state index contributed by atoms with van der Waals surface area (Å²) in [5.41, 5.74) is 2.15. The molecule has 5 aliphatic rings. The Balaban J connectivity index is 1.53. The zero-order chi connectivity index (χ0) is 16.9. The predicted molar refractivity (Wildman–Crippen MR) is 93.7 cm³/mol. The number of nitrogens with zero attached hydrogens (tertiary/aromatic N) is 1. The van der Waals surface area contributed by atoms with Gasteiger partial charge >= 0.3 is 0 Å². The maximum Gasteiger partial charge on any atom is 0.115 e. The Hall–Kier alpha value is -1.10. The van der Waals surface area contributed by atoms with Crippen LogP contribution in [0, 0.1) is 5.92 Å². The van der Waals surface area contributed by atoms with Crippen molar-refractivity contribution >= 4 is 0 Å². The first kappa shape index (κ1) is 15.0. The molecule has 4 atom stereocenters. The lowest BCUT2D eigenvalue weighted by Gasteiger charge is -2.60. The van der Waals surface area contributed by atoms with Crippen molar-refractivity contribution in [2.24, 2.45) is 5.92 Å². The summed E-state index contributed by atoms with van der Waals surface area (Å²) < 4.78 is 6.81. The molecule has 1 saturated carbocycles.